The van der Waals surface area contributed by atoms with Gasteiger partial charge in [-0.05, 0) is 30.7 Å². The molecule has 0 radical (unpaired) electrons. The van der Waals surface area contributed by atoms with E-state index in [1.165, 1.54) is 6.07 Å². The minimum atomic E-state index is -0.947. The highest BCUT2D eigenvalue weighted by Crippen LogP contribution is 2.30. The summed E-state index contributed by atoms with van der Waals surface area (Å²) in [4.78, 5) is 11.0. The van der Waals surface area contributed by atoms with Gasteiger partial charge in [0.1, 0.15) is 16.4 Å². The van der Waals surface area contributed by atoms with Crippen LogP contribution in [0.5, 0.6) is 11.5 Å². The highest BCUT2D eigenvalue weighted by molar-refractivity contribution is 7.12. The molecular formula is C12H9ClO3S. The van der Waals surface area contributed by atoms with Crippen LogP contribution in [0.15, 0.2) is 29.6 Å². The molecule has 0 bridgehead atoms. The van der Waals surface area contributed by atoms with E-state index in [2.05, 4.69) is 0 Å². The molecule has 0 amide bonds. The fourth-order valence-electron chi connectivity index (χ4n) is 1.34. The van der Waals surface area contributed by atoms with E-state index in [0.717, 1.165) is 16.9 Å². The second-order valence-electron chi connectivity index (χ2n) is 3.46. The Bertz CT molecular complexity index is 563. The van der Waals surface area contributed by atoms with Gasteiger partial charge in [0.2, 0.25) is 0 Å². The summed E-state index contributed by atoms with van der Waals surface area (Å²) in [7, 11) is 0. The van der Waals surface area contributed by atoms with E-state index in [9.17, 15) is 4.79 Å². The number of carbonyl (C=O) groups is 1. The average molecular weight is 269 g/mol. The van der Waals surface area contributed by atoms with Crippen LogP contribution >= 0.6 is 22.9 Å². The molecular weight excluding hydrogens is 260 g/mol. The highest BCUT2D eigenvalue weighted by Gasteiger charge is 2.09. The lowest BCUT2D eigenvalue weighted by atomic mass is 10.2. The normalized spacial score (nSPS) is 10.2. The fourth-order valence-corrected chi connectivity index (χ4v) is 2.21. The summed E-state index contributed by atoms with van der Waals surface area (Å²) in [6.45, 7) is 1.88. The van der Waals surface area contributed by atoms with Crippen molar-refractivity contribution in [3.8, 4) is 11.5 Å². The number of benzene rings is 1. The molecule has 0 saturated carbocycles. The summed E-state index contributed by atoms with van der Waals surface area (Å²) in [6, 6.07) is 6.78. The number of carboxylic acid groups (broad SMARTS) is 1. The topological polar surface area (TPSA) is 46.5 Å². The molecule has 0 saturated heterocycles. The Morgan fingerprint density at radius 3 is 2.76 bits per heavy atom. The van der Waals surface area contributed by atoms with Gasteiger partial charge in [0.25, 0.3) is 0 Å². The van der Waals surface area contributed by atoms with Crippen molar-refractivity contribution in [3.63, 3.8) is 0 Å². The van der Waals surface area contributed by atoms with Crippen molar-refractivity contribution >= 4 is 28.9 Å². The molecule has 17 heavy (non-hydrogen) atoms. The van der Waals surface area contributed by atoms with Crippen molar-refractivity contribution in [2.75, 3.05) is 0 Å². The van der Waals surface area contributed by atoms with E-state index in [1.807, 2.05) is 6.92 Å². The molecule has 0 aliphatic carbocycles. The highest BCUT2D eigenvalue weighted by atomic mass is 35.5. The van der Waals surface area contributed by atoms with Crippen LogP contribution in [0.1, 0.15) is 15.2 Å². The summed E-state index contributed by atoms with van der Waals surface area (Å²) < 4.78 is 5.58. The first-order valence-corrected chi connectivity index (χ1v) is 6.08. The van der Waals surface area contributed by atoms with Crippen molar-refractivity contribution in [2.45, 2.75) is 6.92 Å². The Morgan fingerprint density at radius 1 is 1.41 bits per heavy atom. The lowest BCUT2D eigenvalue weighted by Crippen LogP contribution is -1.90. The quantitative estimate of drug-likeness (QED) is 0.907. The van der Waals surface area contributed by atoms with Crippen molar-refractivity contribution in [3.05, 3.63) is 45.1 Å². The Morgan fingerprint density at radius 2 is 2.18 bits per heavy atom. The second kappa shape index (κ2) is 4.77. The number of aryl methyl sites for hydroxylation is 1. The van der Waals surface area contributed by atoms with Crippen LogP contribution in [-0.4, -0.2) is 11.1 Å². The Kier molecular flexibility index (Phi) is 3.36. The molecule has 1 aromatic heterocycles. The van der Waals surface area contributed by atoms with Crippen LogP contribution in [0.3, 0.4) is 0 Å². The number of halogens is 1. The van der Waals surface area contributed by atoms with Gasteiger partial charge in [-0.15, -0.1) is 11.3 Å². The standard InChI is InChI=1S/C12H9ClO3S/c1-7-4-8(13)2-3-10(7)16-9-5-11(12(14)15)17-6-9/h2-6H,1H3,(H,14,15). The van der Waals surface area contributed by atoms with Crippen LogP contribution in [0.25, 0.3) is 0 Å². The van der Waals surface area contributed by atoms with Crippen molar-refractivity contribution < 1.29 is 14.6 Å². The zero-order valence-electron chi connectivity index (χ0n) is 8.94. The zero-order valence-corrected chi connectivity index (χ0v) is 10.5. The number of aromatic carboxylic acids is 1. The number of thiophene rings is 1. The van der Waals surface area contributed by atoms with E-state index in [1.54, 1.807) is 23.6 Å². The molecule has 1 N–H and O–H groups in total. The molecule has 5 heteroatoms. The number of hydrogen-bond acceptors (Lipinski definition) is 3. The van der Waals surface area contributed by atoms with Crippen LogP contribution in [-0.2, 0) is 0 Å². The van der Waals surface area contributed by atoms with Crippen molar-refractivity contribution in [1.29, 1.82) is 0 Å². The van der Waals surface area contributed by atoms with Gasteiger partial charge in [-0.25, -0.2) is 4.79 Å². The molecule has 0 spiro atoms. The molecule has 1 aromatic carbocycles. The maximum atomic E-state index is 10.7. The summed E-state index contributed by atoms with van der Waals surface area (Å²) >= 11 is 6.97. The molecule has 88 valence electrons. The monoisotopic (exact) mass is 268 g/mol. The Hall–Kier alpha value is -1.52. The third-order valence-electron chi connectivity index (χ3n) is 2.15. The largest absolute Gasteiger partial charge is 0.477 e. The number of carboxylic acids is 1. The molecule has 2 aromatic rings. The van der Waals surface area contributed by atoms with Crippen molar-refractivity contribution in [2.24, 2.45) is 0 Å². The minimum Gasteiger partial charge on any atom is -0.477 e. The SMILES string of the molecule is Cc1cc(Cl)ccc1Oc1csc(C(=O)O)c1. The lowest BCUT2D eigenvalue weighted by molar-refractivity contribution is 0.0702. The molecule has 2 rings (SSSR count). The number of ether oxygens (including phenoxy) is 1. The number of hydrogen-bond donors (Lipinski definition) is 1. The first kappa shape index (κ1) is 12.0. The first-order chi connectivity index (χ1) is 8.06. The van der Waals surface area contributed by atoms with Crippen LogP contribution < -0.4 is 4.74 Å². The third-order valence-corrected chi connectivity index (χ3v) is 3.28. The van der Waals surface area contributed by atoms with Crippen LogP contribution in [0.2, 0.25) is 5.02 Å². The van der Waals surface area contributed by atoms with Gasteiger partial charge in [-0.3, -0.25) is 0 Å². The van der Waals surface area contributed by atoms with Gasteiger partial charge in [-0.2, -0.15) is 0 Å². The molecule has 3 nitrogen and oxygen atoms in total. The van der Waals surface area contributed by atoms with Crippen LogP contribution in [0, 0.1) is 6.92 Å². The summed E-state index contributed by atoms with van der Waals surface area (Å²) in [5.74, 6) is 0.250. The van der Waals surface area contributed by atoms with Gasteiger partial charge in [0, 0.05) is 16.5 Å². The fraction of sp³-hybridized carbons (Fsp3) is 0.0833. The average Bonchev–Trinajstić information content (AvgIpc) is 2.71. The maximum Gasteiger partial charge on any atom is 0.346 e. The maximum absolute atomic E-state index is 10.7. The predicted molar refractivity (Wildman–Crippen MR) is 67.5 cm³/mol. The van der Waals surface area contributed by atoms with E-state index >= 15 is 0 Å². The first-order valence-electron chi connectivity index (χ1n) is 4.82. The smallest absolute Gasteiger partial charge is 0.346 e. The van der Waals surface area contributed by atoms with E-state index in [0.29, 0.717) is 16.5 Å². The van der Waals surface area contributed by atoms with Crippen LogP contribution in [0.4, 0.5) is 0 Å². The summed E-state index contributed by atoms with van der Waals surface area (Å²) in [5.41, 5.74) is 0.903. The van der Waals surface area contributed by atoms with Gasteiger partial charge in [0.05, 0.1) is 0 Å². The molecule has 0 atom stereocenters. The Balaban J connectivity index is 2.22. The summed E-state index contributed by atoms with van der Waals surface area (Å²) in [6.07, 6.45) is 0. The lowest BCUT2D eigenvalue weighted by Gasteiger charge is -2.06. The zero-order chi connectivity index (χ0) is 12.4. The molecule has 0 aliphatic heterocycles. The van der Waals surface area contributed by atoms with E-state index in [4.69, 9.17) is 21.4 Å². The number of rotatable bonds is 3. The molecule has 0 fully saturated rings. The van der Waals surface area contributed by atoms with Gasteiger partial charge < -0.3 is 9.84 Å². The molecule has 1 heterocycles. The Labute approximate surface area is 107 Å². The third kappa shape index (κ3) is 2.78. The van der Waals surface area contributed by atoms with Gasteiger partial charge in [-0.1, -0.05) is 11.6 Å². The molecule has 0 unspecified atom stereocenters. The minimum absolute atomic E-state index is 0.256. The van der Waals surface area contributed by atoms with Gasteiger partial charge in [0.15, 0.2) is 0 Å². The summed E-state index contributed by atoms with van der Waals surface area (Å²) in [5, 5.41) is 11.1. The predicted octanol–water partition coefficient (Wildman–Crippen LogP) is 4.20. The van der Waals surface area contributed by atoms with Crippen molar-refractivity contribution in [1.82, 2.24) is 0 Å². The second-order valence-corrected chi connectivity index (χ2v) is 4.81. The van der Waals surface area contributed by atoms with E-state index in [-0.39, 0.29) is 4.88 Å². The molecule has 0 aliphatic rings. The van der Waals surface area contributed by atoms with Gasteiger partial charge >= 0.3 is 5.97 Å². The van der Waals surface area contributed by atoms with E-state index < -0.39 is 5.97 Å².